The van der Waals surface area contributed by atoms with E-state index in [9.17, 15) is 9.59 Å². The summed E-state index contributed by atoms with van der Waals surface area (Å²) in [6.45, 7) is 1.44. The second-order valence-corrected chi connectivity index (χ2v) is 6.73. The molecule has 0 radical (unpaired) electrons. The van der Waals surface area contributed by atoms with E-state index < -0.39 is 11.9 Å². The molecule has 0 spiro atoms. The van der Waals surface area contributed by atoms with Crippen LogP contribution in [0.2, 0.25) is 0 Å². The van der Waals surface area contributed by atoms with Crippen LogP contribution >= 0.6 is 0 Å². The Kier molecular flexibility index (Phi) is 4.71. The first-order valence-electron chi connectivity index (χ1n) is 8.89. The first-order valence-corrected chi connectivity index (χ1v) is 8.89. The van der Waals surface area contributed by atoms with Crippen LogP contribution in [-0.2, 0) is 16.0 Å². The summed E-state index contributed by atoms with van der Waals surface area (Å²) in [5.41, 5.74) is 1.24. The van der Waals surface area contributed by atoms with Crippen LogP contribution in [0.4, 0.5) is 0 Å². The minimum Gasteiger partial charge on any atom is -0.377 e. The Balaban J connectivity index is 1.41. The van der Waals surface area contributed by atoms with Crippen molar-refractivity contribution < 1.29 is 18.8 Å². The summed E-state index contributed by atoms with van der Waals surface area (Å²) in [6.07, 6.45) is 2.49. The van der Waals surface area contributed by atoms with E-state index in [4.69, 9.17) is 9.26 Å². The fourth-order valence-electron chi connectivity index (χ4n) is 3.53. The molecular weight excluding hydrogens is 334 g/mol. The standard InChI is InChI=1S/C19H21N3O4/c23-18(16-10-15(26-21-16)9-13-5-2-1-3-6-13)20-17-12-25-11-14-7-4-8-22(14)19(17)24/h1-3,5-6,10,14,17H,4,7-9,11-12H2,(H,20,23)/t14-,17+/m1/s1. The maximum Gasteiger partial charge on any atom is 0.274 e. The van der Waals surface area contributed by atoms with Gasteiger partial charge >= 0.3 is 0 Å². The first-order chi connectivity index (χ1) is 12.7. The first kappa shape index (κ1) is 16.8. The SMILES string of the molecule is O=C(N[C@H]1COC[C@H]2CCCN2C1=O)c1cc(Cc2ccccc2)on1. The summed E-state index contributed by atoms with van der Waals surface area (Å²) < 4.78 is 10.9. The maximum atomic E-state index is 12.6. The minimum atomic E-state index is -0.681. The zero-order valence-corrected chi connectivity index (χ0v) is 14.4. The highest BCUT2D eigenvalue weighted by molar-refractivity contribution is 5.96. The van der Waals surface area contributed by atoms with Gasteiger partial charge in [-0.2, -0.15) is 0 Å². The molecular formula is C19H21N3O4. The number of benzene rings is 1. The van der Waals surface area contributed by atoms with E-state index in [1.165, 1.54) is 0 Å². The number of aromatic nitrogens is 1. The van der Waals surface area contributed by atoms with Crippen molar-refractivity contribution in [3.8, 4) is 0 Å². The van der Waals surface area contributed by atoms with E-state index in [1.54, 1.807) is 6.07 Å². The molecule has 2 aliphatic rings. The Morgan fingerprint density at radius 1 is 1.27 bits per heavy atom. The number of amides is 2. The van der Waals surface area contributed by atoms with E-state index in [1.807, 2.05) is 35.2 Å². The zero-order valence-electron chi connectivity index (χ0n) is 14.4. The molecule has 0 saturated carbocycles. The summed E-state index contributed by atoms with van der Waals surface area (Å²) in [4.78, 5) is 26.9. The fourth-order valence-corrected chi connectivity index (χ4v) is 3.53. The normalized spacial score (nSPS) is 22.8. The number of nitrogens with zero attached hydrogens (tertiary/aromatic N) is 2. The Bertz CT molecular complexity index is 789. The molecule has 136 valence electrons. The summed E-state index contributed by atoms with van der Waals surface area (Å²) >= 11 is 0. The number of carbonyl (C=O) groups excluding carboxylic acids is 2. The van der Waals surface area contributed by atoms with Crippen LogP contribution in [0.25, 0.3) is 0 Å². The van der Waals surface area contributed by atoms with E-state index in [2.05, 4.69) is 10.5 Å². The number of ether oxygens (including phenoxy) is 1. The molecule has 0 unspecified atom stereocenters. The lowest BCUT2D eigenvalue weighted by atomic mass is 10.1. The molecule has 0 aliphatic carbocycles. The molecule has 1 aromatic carbocycles. The summed E-state index contributed by atoms with van der Waals surface area (Å²) in [6, 6.07) is 10.9. The van der Waals surface area contributed by atoms with E-state index in [0.717, 1.165) is 24.9 Å². The molecule has 1 N–H and O–H groups in total. The van der Waals surface area contributed by atoms with Gasteiger partial charge in [0.1, 0.15) is 11.8 Å². The van der Waals surface area contributed by atoms with Gasteiger partial charge in [-0.3, -0.25) is 9.59 Å². The van der Waals surface area contributed by atoms with E-state index in [-0.39, 0.29) is 24.2 Å². The Morgan fingerprint density at radius 3 is 2.96 bits per heavy atom. The molecule has 4 rings (SSSR count). The van der Waals surface area contributed by atoms with Crippen molar-refractivity contribution in [1.82, 2.24) is 15.4 Å². The number of hydrogen-bond acceptors (Lipinski definition) is 5. The number of nitrogens with one attached hydrogen (secondary N) is 1. The Hall–Kier alpha value is -2.67. The van der Waals surface area contributed by atoms with Crippen LogP contribution in [0.1, 0.15) is 34.7 Å². The van der Waals surface area contributed by atoms with Gasteiger partial charge < -0.3 is 19.5 Å². The third-order valence-electron chi connectivity index (χ3n) is 4.87. The highest BCUT2D eigenvalue weighted by Gasteiger charge is 2.37. The van der Waals surface area contributed by atoms with Crippen LogP contribution in [0, 0.1) is 0 Å². The number of carbonyl (C=O) groups is 2. The molecule has 0 bridgehead atoms. The van der Waals surface area contributed by atoms with Gasteiger partial charge in [-0.05, 0) is 18.4 Å². The highest BCUT2D eigenvalue weighted by atomic mass is 16.5. The topological polar surface area (TPSA) is 84.7 Å². The quantitative estimate of drug-likeness (QED) is 0.896. The average Bonchev–Trinajstić information content (AvgIpc) is 3.28. The summed E-state index contributed by atoms with van der Waals surface area (Å²) in [7, 11) is 0. The molecule has 2 saturated heterocycles. The largest absolute Gasteiger partial charge is 0.377 e. The van der Waals surface area contributed by atoms with Crippen molar-refractivity contribution in [2.45, 2.75) is 31.3 Å². The third-order valence-corrected chi connectivity index (χ3v) is 4.87. The van der Waals surface area contributed by atoms with Crippen molar-refractivity contribution in [2.75, 3.05) is 19.8 Å². The summed E-state index contributed by atoms with van der Waals surface area (Å²) in [5, 5.41) is 6.58. The third kappa shape index (κ3) is 3.48. The molecule has 2 aromatic rings. The zero-order chi connectivity index (χ0) is 17.9. The molecule has 2 amide bonds. The van der Waals surface area contributed by atoms with Gasteiger partial charge in [0.2, 0.25) is 5.91 Å². The lowest BCUT2D eigenvalue weighted by molar-refractivity contribution is -0.133. The van der Waals surface area contributed by atoms with E-state index >= 15 is 0 Å². The number of fused-ring (bicyclic) bond motifs is 1. The average molecular weight is 355 g/mol. The van der Waals surface area contributed by atoms with Crippen molar-refractivity contribution >= 4 is 11.8 Å². The molecule has 1 aromatic heterocycles. The van der Waals surface area contributed by atoms with Crippen molar-refractivity contribution in [2.24, 2.45) is 0 Å². The van der Waals surface area contributed by atoms with Gasteiger partial charge in [-0.15, -0.1) is 0 Å². The molecule has 7 nitrogen and oxygen atoms in total. The maximum absolute atomic E-state index is 12.6. The predicted molar refractivity (Wildman–Crippen MR) is 92.6 cm³/mol. The van der Waals surface area contributed by atoms with Gasteiger partial charge in [-0.1, -0.05) is 35.5 Å². The second-order valence-electron chi connectivity index (χ2n) is 6.73. The van der Waals surface area contributed by atoms with Crippen molar-refractivity contribution in [3.05, 3.63) is 53.4 Å². The van der Waals surface area contributed by atoms with E-state index in [0.29, 0.717) is 18.8 Å². The van der Waals surface area contributed by atoms with Crippen LogP contribution in [0.15, 0.2) is 40.9 Å². The molecule has 3 heterocycles. The van der Waals surface area contributed by atoms with Gasteiger partial charge in [0.25, 0.3) is 5.91 Å². The molecule has 2 atom stereocenters. The van der Waals surface area contributed by atoms with Crippen LogP contribution < -0.4 is 5.32 Å². The van der Waals surface area contributed by atoms with Crippen molar-refractivity contribution in [3.63, 3.8) is 0 Å². The predicted octanol–water partition coefficient (Wildman–Crippen LogP) is 1.38. The van der Waals surface area contributed by atoms with Gasteiger partial charge in [0.15, 0.2) is 5.69 Å². The smallest absolute Gasteiger partial charge is 0.274 e. The van der Waals surface area contributed by atoms with Crippen LogP contribution in [0.3, 0.4) is 0 Å². The van der Waals surface area contributed by atoms with Gasteiger partial charge in [0.05, 0.1) is 19.3 Å². The fraction of sp³-hybridized carbons (Fsp3) is 0.421. The Morgan fingerprint density at radius 2 is 2.12 bits per heavy atom. The molecule has 2 aliphatic heterocycles. The molecule has 2 fully saturated rings. The van der Waals surface area contributed by atoms with Gasteiger partial charge in [-0.25, -0.2) is 0 Å². The summed E-state index contributed by atoms with van der Waals surface area (Å²) in [5.74, 6) is 0.100. The second kappa shape index (κ2) is 7.29. The lowest BCUT2D eigenvalue weighted by Gasteiger charge is -2.23. The Labute approximate surface area is 151 Å². The van der Waals surface area contributed by atoms with Gasteiger partial charge in [0, 0.05) is 19.0 Å². The van der Waals surface area contributed by atoms with Crippen molar-refractivity contribution in [1.29, 1.82) is 0 Å². The minimum absolute atomic E-state index is 0.0775. The monoisotopic (exact) mass is 355 g/mol. The molecule has 7 heteroatoms. The number of rotatable bonds is 4. The highest BCUT2D eigenvalue weighted by Crippen LogP contribution is 2.21. The lowest BCUT2D eigenvalue weighted by Crippen LogP contribution is -2.50. The molecule has 26 heavy (non-hydrogen) atoms. The number of hydrogen-bond donors (Lipinski definition) is 1. The van der Waals surface area contributed by atoms with Crippen LogP contribution in [-0.4, -0.2) is 53.7 Å². The van der Waals surface area contributed by atoms with Crippen LogP contribution in [0.5, 0.6) is 0 Å².